The fourth-order valence-corrected chi connectivity index (χ4v) is 3.44. The fraction of sp³-hybridized carbons (Fsp3) is 0.385. The predicted octanol–water partition coefficient (Wildman–Crippen LogP) is 3.33. The van der Waals surface area contributed by atoms with Crippen molar-refractivity contribution in [2.24, 2.45) is 5.73 Å². The zero-order chi connectivity index (χ0) is 14.0. The maximum absolute atomic E-state index is 12.7. The second-order valence-corrected chi connectivity index (χ2v) is 7.11. The van der Waals surface area contributed by atoms with E-state index in [2.05, 4.69) is 38.5 Å². The average Bonchev–Trinajstić information content (AvgIpc) is 2.40. The first-order valence-corrected chi connectivity index (χ1v) is 8.34. The lowest BCUT2D eigenvalue weighted by molar-refractivity contribution is 0.0680. The number of hydrogen-bond donors (Lipinski definition) is 1. The van der Waals surface area contributed by atoms with Gasteiger partial charge in [-0.3, -0.25) is 4.79 Å². The molecule has 1 atom stereocenters. The van der Waals surface area contributed by atoms with Gasteiger partial charge in [-0.05, 0) is 76.0 Å². The summed E-state index contributed by atoms with van der Waals surface area (Å²) in [5.41, 5.74) is 6.44. The van der Waals surface area contributed by atoms with Crippen LogP contribution in [0.3, 0.4) is 0 Å². The Balaban J connectivity index is 2.31. The molecule has 2 rings (SSSR count). The average molecular weight is 453 g/mol. The lowest BCUT2D eigenvalue weighted by Crippen LogP contribution is -2.49. The van der Waals surface area contributed by atoms with E-state index in [1.165, 1.54) is 0 Å². The Kier molecular flexibility index (Phi) is 5.19. The highest BCUT2D eigenvalue weighted by molar-refractivity contribution is 14.1. The molecule has 0 aliphatic carbocycles. The molecule has 1 unspecified atom stereocenters. The summed E-state index contributed by atoms with van der Waals surface area (Å²) in [4.78, 5) is 14.9. The van der Waals surface area contributed by atoms with Gasteiger partial charge < -0.3 is 10.6 Å². The van der Waals surface area contributed by atoms with Crippen molar-refractivity contribution >= 4 is 61.6 Å². The Bertz CT molecular complexity index is 523. The largest absolute Gasteiger partial charge is 0.392 e. The number of nitrogens with zero attached hydrogens (tertiary/aromatic N) is 1. The number of benzene rings is 1. The van der Waals surface area contributed by atoms with Crippen LogP contribution in [0.5, 0.6) is 0 Å². The van der Waals surface area contributed by atoms with E-state index in [1.807, 2.05) is 23.1 Å². The van der Waals surface area contributed by atoms with Crippen LogP contribution < -0.4 is 5.73 Å². The molecule has 1 aromatic carbocycles. The third-order valence-electron chi connectivity index (χ3n) is 3.25. The molecule has 102 valence electrons. The quantitative estimate of drug-likeness (QED) is 0.553. The molecule has 1 fully saturated rings. The first-order valence-electron chi connectivity index (χ1n) is 6.06. The molecular weight excluding hydrogens is 439 g/mol. The zero-order valence-electron chi connectivity index (χ0n) is 10.2. The summed E-state index contributed by atoms with van der Waals surface area (Å²) in [5, 5.41) is 0. The minimum absolute atomic E-state index is 0.00268. The van der Waals surface area contributed by atoms with Gasteiger partial charge in [0.05, 0.1) is 16.6 Å². The summed E-state index contributed by atoms with van der Waals surface area (Å²) < 4.78 is 1.85. The number of thiocarbonyl (C=S) groups is 1. The summed E-state index contributed by atoms with van der Waals surface area (Å²) in [7, 11) is 0. The molecular formula is C13H14BrIN2OS. The van der Waals surface area contributed by atoms with Crippen LogP contribution in [0.1, 0.15) is 29.6 Å². The third-order valence-corrected chi connectivity index (χ3v) is 4.89. The van der Waals surface area contributed by atoms with Crippen LogP contribution >= 0.6 is 50.7 Å². The SMILES string of the molecule is NC(=S)C1CCCCN1C(=O)c1cc(I)ccc1Br. The van der Waals surface area contributed by atoms with Crippen LogP contribution in [0, 0.1) is 3.57 Å². The van der Waals surface area contributed by atoms with Crippen LogP contribution in [0.4, 0.5) is 0 Å². The number of piperidine rings is 1. The van der Waals surface area contributed by atoms with Crippen LogP contribution in [0.2, 0.25) is 0 Å². The van der Waals surface area contributed by atoms with Gasteiger partial charge in [0.15, 0.2) is 0 Å². The molecule has 1 amide bonds. The minimum atomic E-state index is -0.110. The van der Waals surface area contributed by atoms with E-state index in [0.29, 0.717) is 10.6 Å². The minimum Gasteiger partial charge on any atom is -0.392 e. The Morgan fingerprint density at radius 3 is 2.89 bits per heavy atom. The number of carbonyl (C=O) groups excluding carboxylic acids is 1. The Labute approximate surface area is 140 Å². The first-order chi connectivity index (χ1) is 9.00. The molecule has 1 aliphatic rings. The predicted molar refractivity (Wildman–Crippen MR) is 92.3 cm³/mol. The van der Waals surface area contributed by atoms with E-state index >= 15 is 0 Å². The number of carbonyl (C=O) groups is 1. The summed E-state index contributed by atoms with van der Waals surface area (Å²) in [6.45, 7) is 0.721. The van der Waals surface area contributed by atoms with E-state index in [0.717, 1.165) is 33.9 Å². The molecule has 1 aliphatic heterocycles. The molecule has 0 bridgehead atoms. The van der Waals surface area contributed by atoms with Crippen molar-refractivity contribution in [3.63, 3.8) is 0 Å². The van der Waals surface area contributed by atoms with Gasteiger partial charge >= 0.3 is 0 Å². The van der Waals surface area contributed by atoms with Crippen molar-refractivity contribution in [1.29, 1.82) is 0 Å². The highest BCUT2D eigenvalue weighted by atomic mass is 127. The summed E-state index contributed by atoms with van der Waals surface area (Å²) in [5.74, 6) is 0.00268. The normalized spacial score (nSPS) is 19.3. The number of halogens is 2. The number of amides is 1. The van der Waals surface area contributed by atoms with Gasteiger partial charge in [0.2, 0.25) is 0 Å². The number of rotatable bonds is 2. The van der Waals surface area contributed by atoms with Gasteiger partial charge in [-0.25, -0.2) is 0 Å². The van der Waals surface area contributed by atoms with Gasteiger partial charge in [-0.1, -0.05) is 12.2 Å². The molecule has 1 aromatic rings. The van der Waals surface area contributed by atoms with Crippen molar-refractivity contribution in [3.8, 4) is 0 Å². The van der Waals surface area contributed by atoms with Crippen molar-refractivity contribution < 1.29 is 4.79 Å². The number of hydrogen-bond acceptors (Lipinski definition) is 2. The summed E-state index contributed by atoms with van der Waals surface area (Å²) >= 11 is 10.7. The Morgan fingerprint density at radius 2 is 2.21 bits per heavy atom. The zero-order valence-corrected chi connectivity index (χ0v) is 14.8. The van der Waals surface area contributed by atoms with Crippen LogP contribution in [-0.4, -0.2) is 28.4 Å². The maximum atomic E-state index is 12.7. The second kappa shape index (κ2) is 6.49. The molecule has 3 nitrogen and oxygen atoms in total. The van der Waals surface area contributed by atoms with Gasteiger partial charge in [0.1, 0.15) is 0 Å². The maximum Gasteiger partial charge on any atom is 0.255 e. The first kappa shape index (κ1) is 15.2. The summed E-state index contributed by atoms with van der Waals surface area (Å²) in [6, 6.07) is 5.64. The summed E-state index contributed by atoms with van der Waals surface area (Å²) in [6.07, 6.45) is 2.94. The van der Waals surface area contributed by atoms with E-state index in [4.69, 9.17) is 18.0 Å². The lowest BCUT2D eigenvalue weighted by atomic mass is 10.0. The second-order valence-electron chi connectivity index (χ2n) is 4.54. The van der Waals surface area contributed by atoms with Crippen molar-refractivity contribution in [3.05, 3.63) is 31.8 Å². The molecule has 1 saturated heterocycles. The molecule has 0 spiro atoms. The van der Waals surface area contributed by atoms with Crippen LogP contribution in [0.15, 0.2) is 22.7 Å². The van der Waals surface area contributed by atoms with E-state index in [-0.39, 0.29) is 11.9 Å². The third kappa shape index (κ3) is 3.46. The van der Waals surface area contributed by atoms with Crippen molar-refractivity contribution in [2.75, 3.05) is 6.54 Å². The van der Waals surface area contributed by atoms with Crippen LogP contribution in [0.25, 0.3) is 0 Å². The van der Waals surface area contributed by atoms with Gasteiger partial charge in [0, 0.05) is 14.6 Å². The van der Waals surface area contributed by atoms with Crippen LogP contribution in [-0.2, 0) is 0 Å². The van der Waals surface area contributed by atoms with E-state index < -0.39 is 0 Å². The molecule has 0 saturated carbocycles. The topological polar surface area (TPSA) is 46.3 Å². The number of likely N-dealkylation sites (tertiary alicyclic amines) is 1. The monoisotopic (exact) mass is 452 g/mol. The Hall–Kier alpha value is -0.210. The molecule has 19 heavy (non-hydrogen) atoms. The van der Waals surface area contributed by atoms with E-state index in [1.54, 1.807) is 0 Å². The van der Waals surface area contributed by atoms with Crippen molar-refractivity contribution in [2.45, 2.75) is 25.3 Å². The highest BCUT2D eigenvalue weighted by Gasteiger charge is 2.30. The number of nitrogens with two attached hydrogens (primary N) is 1. The van der Waals surface area contributed by atoms with Gasteiger partial charge in [-0.2, -0.15) is 0 Å². The van der Waals surface area contributed by atoms with Gasteiger partial charge in [0.25, 0.3) is 5.91 Å². The van der Waals surface area contributed by atoms with Gasteiger partial charge in [-0.15, -0.1) is 0 Å². The Morgan fingerprint density at radius 1 is 1.47 bits per heavy atom. The standard InChI is InChI=1S/C13H14BrIN2OS/c14-10-5-4-8(15)7-9(10)13(18)17-6-2-1-3-11(17)12(16)19/h4-5,7,11H,1-3,6H2,(H2,16,19). The van der Waals surface area contributed by atoms with E-state index in [9.17, 15) is 4.79 Å². The molecule has 6 heteroatoms. The lowest BCUT2D eigenvalue weighted by Gasteiger charge is -2.35. The smallest absolute Gasteiger partial charge is 0.255 e. The molecule has 0 radical (unpaired) electrons. The fourth-order valence-electron chi connectivity index (χ4n) is 2.29. The molecule has 2 N–H and O–H groups in total. The molecule has 0 aromatic heterocycles. The molecule has 1 heterocycles. The van der Waals surface area contributed by atoms with Crippen molar-refractivity contribution in [1.82, 2.24) is 4.90 Å². The highest BCUT2D eigenvalue weighted by Crippen LogP contribution is 2.25.